The Morgan fingerprint density at radius 3 is 2.52 bits per heavy atom. The largest absolute Gasteiger partial charge is 0.330 e. The van der Waals surface area contributed by atoms with Gasteiger partial charge >= 0.3 is 0 Å². The minimum atomic E-state index is -0.0109. The smallest absolute Gasteiger partial charge is 0.238 e. The topological polar surface area (TPSA) is 58.4 Å². The number of hydrogen-bond acceptors (Lipinski definition) is 3. The fourth-order valence-corrected chi connectivity index (χ4v) is 5.09. The summed E-state index contributed by atoms with van der Waals surface area (Å²) in [6.07, 6.45) is 1.06. The fraction of sp³-hybridized carbons (Fsp3) is 0.500. The van der Waals surface area contributed by atoms with Gasteiger partial charge in [0, 0.05) is 26.0 Å². The van der Waals surface area contributed by atoms with Crippen LogP contribution in [0, 0.1) is 5.92 Å². The standard InChI is InChI=1S/C14H18Br3N3O/c1-8-2-9(5-18)6-20(8)7-13(21)19-14-11(16)3-10(15)4-12(14)17/h3-4,8-9H,2,5-7,18H2,1H3,(H,19,21). The molecular formula is C14H18Br3N3O. The summed E-state index contributed by atoms with van der Waals surface area (Å²) in [7, 11) is 0. The third-order valence-corrected chi connectivity index (χ3v) is 5.45. The molecule has 1 saturated heterocycles. The molecule has 3 N–H and O–H groups in total. The zero-order chi connectivity index (χ0) is 15.6. The van der Waals surface area contributed by atoms with Gasteiger partial charge in [-0.05, 0) is 69.8 Å². The molecule has 2 atom stereocenters. The Labute approximate surface area is 150 Å². The number of amides is 1. The first kappa shape index (κ1) is 17.4. The lowest BCUT2D eigenvalue weighted by molar-refractivity contribution is -0.117. The van der Waals surface area contributed by atoms with Crippen LogP contribution in [0.4, 0.5) is 5.69 Å². The number of nitrogens with two attached hydrogens (primary N) is 1. The Hall–Kier alpha value is 0.0500. The maximum absolute atomic E-state index is 12.3. The van der Waals surface area contributed by atoms with Crippen LogP contribution in [0.15, 0.2) is 25.6 Å². The van der Waals surface area contributed by atoms with Crippen molar-refractivity contribution < 1.29 is 4.79 Å². The lowest BCUT2D eigenvalue weighted by Crippen LogP contribution is -2.36. The summed E-state index contributed by atoms with van der Waals surface area (Å²) < 4.78 is 2.62. The average Bonchev–Trinajstić information content (AvgIpc) is 2.74. The van der Waals surface area contributed by atoms with Crippen LogP contribution in [0.5, 0.6) is 0 Å². The van der Waals surface area contributed by atoms with Crippen LogP contribution in [0.2, 0.25) is 0 Å². The van der Waals surface area contributed by atoms with Gasteiger partial charge in [0.25, 0.3) is 0 Å². The maximum Gasteiger partial charge on any atom is 0.238 e. The monoisotopic (exact) mass is 481 g/mol. The van der Waals surface area contributed by atoms with Crippen molar-refractivity contribution in [3.63, 3.8) is 0 Å². The molecule has 0 saturated carbocycles. The highest BCUT2D eigenvalue weighted by Crippen LogP contribution is 2.34. The van der Waals surface area contributed by atoms with Crippen LogP contribution in [-0.4, -0.2) is 36.5 Å². The Morgan fingerprint density at radius 2 is 2.00 bits per heavy atom. The number of benzene rings is 1. The van der Waals surface area contributed by atoms with E-state index in [1.54, 1.807) is 0 Å². The van der Waals surface area contributed by atoms with Gasteiger partial charge in [-0.15, -0.1) is 0 Å². The molecule has 1 aliphatic rings. The van der Waals surface area contributed by atoms with Crippen molar-refractivity contribution in [1.82, 2.24) is 4.90 Å². The molecule has 7 heteroatoms. The molecule has 0 bridgehead atoms. The third kappa shape index (κ3) is 4.51. The molecule has 1 fully saturated rings. The second-order valence-electron chi connectivity index (χ2n) is 5.41. The van der Waals surface area contributed by atoms with E-state index in [0.717, 1.165) is 32.1 Å². The number of hydrogen-bond donors (Lipinski definition) is 2. The van der Waals surface area contributed by atoms with Gasteiger partial charge in [0.05, 0.1) is 12.2 Å². The number of nitrogens with zero attached hydrogens (tertiary/aromatic N) is 1. The highest BCUT2D eigenvalue weighted by Gasteiger charge is 2.29. The molecule has 0 aliphatic carbocycles. The molecule has 2 unspecified atom stereocenters. The number of nitrogens with one attached hydrogen (secondary N) is 1. The third-order valence-electron chi connectivity index (χ3n) is 3.74. The second kappa shape index (κ2) is 7.55. The number of anilines is 1. The summed E-state index contributed by atoms with van der Waals surface area (Å²) in [5.74, 6) is 0.488. The molecule has 0 spiro atoms. The van der Waals surface area contributed by atoms with Gasteiger partial charge in [-0.2, -0.15) is 0 Å². The number of carbonyl (C=O) groups is 1. The maximum atomic E-state index is 12.3. The van der Waals surface area contributed by atoms with Crippen molar-refractivity contribution in [2.75, 3.05) is 25.0 Å². The summed E-state index contributed by atoms with van der Waals surface area (Å²) >= 11 is 10.3. The Morgan fingerprint density at radius 1 is 1.38 bits per heavy atom. The Bertz CT molecular complexity index is 515. The predicted octanol–water partition coefficient (Wildman–Crippen LogP) is 3.58. The van der Waals surface area contributed by atoms with E-state index < -0.39 is 0 Å². The quantitative estimate of drug-likeness (QED) is 0.688. The lowest BCUT2D eigenvalue weighted by atomic mass is 10.1. The summed E-state index contributed by atoms with van der Waals surface area (Å²) in [6, 6.07) is 4.22. The normalized spacial score (nSPS) is 22.5. The fourth-order valence-electron chi connectivity index (χ4n) is 2.63. The molecular weight excluding hydrogens is 466 g/mol. The van der Waals surface area contributed by atoms with Gasteiger partial charge in [0.1, 0.15) is 0 Å². The zero-order valence-corrected chi connectivity index (χ0v) is 16.5. The van der Waals surface area contributed by atoms with Crippen LogP contribution >= 0.6 is 47.8 Å². The van der Waals surface area contributed by atoms with Crippen molar-refractivity contribution in [1.29, 1.82) is 0 Å². The van der Waals surface area contributed by atoms with Crippen molar-refractivity contribution in [3.05, 3.63) is 25.6 Å². The number of likely N-dealkylation sites (tertiary alicyclic amines) is 1. The Kier molecular flexibility index (Phi) is 6.25. The van der Waals surface area contributed by atoms with Crippen molar-refractivity contribution in [3.8, 4) is 0 Å². The summed E-state index contributed by atoms with van der Waals surface area (Å²) in [6.45, 7) is 4.13. The molecule has 1 amide bonds. The van der Waals surface area contributed by atoms with E-state index >= 15 is 0 Å². The van der Waals surface area contributed by atoms with Gasteiger partial charge in [-0.25, -0.2) is 0 Å². The van der Waals surface area contributed by atoms with Gasteiger partial charge in [-0.3, -0.25) is 9.69 Å². The highest BCUT2D eigenvalue weighted by molar-refractivity contribution is 9.11. The molecule has 116 valence electrons. The minimum Gasteiger partial charge on any atom is -0.330 e. The summed E-state index contributed by atoms with van der Waals surface area (Å²) in [5.41, 5.74) is 6.48. The lowest BCUT2D eigenvalue weighted by Gasteiger charge is -2.20. The van der Waals surface area contributed by atoms with Crippen LogP contribution < -0.4 is 11.1 Å². The molecule has 1 aromatic carbocycles. The SMILES string of the molecule is CC1CC(CN)CN1CC(=O)Nc1c(Br)cc(Br)cc1Br. The van der Waals surface area contributed by atoms with Crippen LogP contribution in [0.3, 0.4) is 0 Å². The van der Waals surface area contributed by atoms with E-state index in [4.69, 9.17) is 5.73 Å². The molecule has 1 aromatic rings. The number of rotatable bonds is 4. The molecule has 1 heterocycles. The molecule has 4 nitrogen and oxygen atoms in total. The van der Waals surface area contributed by atoms with Crippen LogP contribution in [0.1, 0.15) is 13.3 Å². The predicted molar refractivity (Wildman–Crippen MR) is 96.4 cm³/mol. The van der Waals surface area contributed by atoms with Crippen LogP contribution in [-0.2, 0) is 4.79 Å². The van der Waals surface area contributed by atoms with Crippen molar-refractivity contribution in [2.45, 2.75) is 19.4 Å². The minimum absolute atomic E-state index is 0.0109. The molecule has 1 aliphatic heterocycles. The van der Waals surface area contributed by atoms with Crippen LogP contribution in [0.25, 0.3) is 0 Å². The summed E-state index contributed by atoms with van der Waals surface area (Å²) in [4.78, 5) is 14.4. The van der Waals surface area contributed by atoms with E-state index in [1.165, 1.54) is 0 Å². The molecule has 0 aromatic heterocycles. The first-order valence-electron chi connectivity index (χ1n) is 6.79. The first-order chi connectivity index (χ1) is 9.90. The van der Waals surface area contributed by atoms with Crippen molar-refractivity contribution >= 4 is 59.4 Å². The van der Waals surface area contributed by atoms with Gasteiger partial charge < -0.3 is 11.1 Å². The van der Waals surface area contributed by atoms with Gasteiger partial charge in [0.2, 0.25) is 5.91 Å². The highest BCUT2D eigenvalue weighted by atomic mass is 79.9. The number of halogens is 3. The van der Waals surface area contributed by atoms with Gasteiger partial charge in [-0.1, -0.05) is 15.9 Å². The average molecular weight is 484 g/mol. The van der Waals surface area contributed by atoms with Crippen molar-refractivity contribution in [2.24, 2.45) is 11.7 Å². The Balaban J connectivity index is 2.00. The van der Waals surface area contributed by atoms with E-state index in [2.05, 4.69) is 64.9 Å². The van der Waals surface area contributed by atoms with E-state index in [-0.39, 0.29) is 5.91 Å². The number of carbonyl (C=O) groups excluding carboxylic acids is 1. The van der Waals surface area contributed by atoms with E-state index in [9.17, 15) is 4.79 Å². The zero-order valence-electron chi connectivity index (χ0n) is 11.7. The second-order valence-corrected chi connectivity index (χ2v) is 8.03. The van der Waals surface area contributed by atoms with E-state index in [0.29, 0.717) is 25.0 Å². The summed E-state index contributed by atoms with van der Waals surface area (Å²) in [5, 5.41) is 2.96. The molecule has 21 heavy (non-hydrogen) atoms. The first-order valence-corrected chi connectivity index (χ1v) is 9.17. The van der Waals surface area contributed by atoms with Gasteiger partial charge in [0.15, 0.2) is 0 Å². The van der Waals surface area contributed by atoms with E-state index in [1.807, 2.05) is 12.1 Å². The molecule has 2 rings (SSSR count). The molecule has 0 radical (unpaired) electrons.